The molecule has 0 bridgehead atoms. The summed E-state index contributed by atoms with van der Waals surface area (Å²) in [7, 11) is -3.70. The summed E-state index contributed by atoms with van der Waals surface area (Å²) < 4.78 is 32.8. The van der Waals surface area contributed by atoms with Gasteiger partial charge in [-0.2, -0.15) is 4.31 Å². The maximum Gasteiger partial charge on any atom is 0.243 e. The molecule has 2 aliphatic heterocycles. The lowest BCUT2D eigenvalue weighted by molar-refractivity contribution is -0.123. The van der Waals surface area contributed by atoms with Crippen LogP contribution in [0.2, 0.25) is 0 Å². The van der Waals surface area contributed by atoms with Gasteiger partial charge in [0.05, 0.1) is 29.5 Å². The molecule has 0 unspecified atom stereocenters. The van der Waals surface area contributed by atoms with Gasteiger partial charge in [-0.25, -0.2) is 8.42 Å². The summed E-state index contributed by atoms with van der Waals surface area (Å²) in [5.74, 6) is 0.0293. The van der Waals surface area contributed by atoms with Crippen molar-refractivity contribution in [2.75, 3.05) is 69.7 Å². The van der Waals surface area contributed by atoms with Crippen LogP contribution in [0.25, 0.3) is 0 Å². The summed E-state index contributed by atoms with van der Waals surface area (Å²) in [5.41, 5.74) is 0.469. The molecular weight excluding hydrogens is 464 g/mol. The van der Waals surface area contributed by atoms with Crippen molar-refractivity contribution in [3.63, 3.8) is 0 Å². The average molecular weight is 499 g/mol. The highest BCUT2D eigenvalue weighted by Crippen LogP contribution is 2.37. The molecule has 1 aromatic carbocycles. The van der Waals surface area contributed by atoms with Crippen molar-refractivity contribution >= 4 is 39.3 Å². The maximum atomic E-state index is 13.1. The Bertz CT molecular complexity index is 946. The normalized spacial score (nSPS) is 18.3. The van der Waals surface area contributed by atoms with Gasteiger partial charge in [0.25, 0.3) is 0 Å². The number of benzene rings is 1. The fraction of sp³-hybridized carbons (Fsp3) is 0.636. The first kappa shape index (κ1) is 26.0. The summed E-state index contributed by atoms with van der Waals surface area (Å²) in [5, 5.41) is 2.92. The van der Waals surface area contributed by atoms with E-state index in [9.17, 15) is 18.0 Å². The minimum atomic E-state index is -3.70. The van der Waals surface area contributed by atoms with Crippen LogP contribution < -0.4 is 10.2 Å². The zero-order valence-corrected chi connectivity index (χ0v) is 21.2. The van der Waals surface area contributed by atoms with E-state index in [1.54, 1.807) is 12.1 Å². The maximum absolute atomic E-state index is 13.1. The van der Waals surface area contributed by atoms with Crippen molar-refractivity contribution in [3.8, 4) is 0 Å². The van der Waals surface area contributed by atoms with Crippen molar-refractivity contribution < 1.29 is 22.7 Å². The number of hydrogen-bond donors (Lipinski definition) is 1. The topological polar surface area (TPSA) is 99.3 Å². The van der Waals surface area contributed by atoms with E-state index < -0.39 is 10.0 Å². The third-order valence-corrected chi connectivity index (χ3v) is 8.84. The minimum Gasteiger partial charge on any atom is -0.379 e. The Morgan fingerprint density at radius 3 is 2.61 bits per heavy atom. The summed E-state index contributed by atoms with van der Waals surface area (Å²) in [6.45, 7) is 10.8. The van der Waals surface area contributed by atoms with E-state index in [4.69, 9.17) is 4.74 Å². The molecule has 9 nitrogen and oxygen atoms in total. The van der Waals surface area contributed by atoms with E-state index in [0.717, 1.165) is 24.5 Å². The van der Waals surface area contributed by atoms with Crippen molar-refractivity contribution in [1.82, 2.24) is 14.5 Å². The number of sulfonamides is 1. The molecule has 1 aromatic rings. The molecule has 3 rings (SSSR count). The highest BCUT2D eigenvalue weighted by atomic mass is 32.2. The number of hydrogen-bond acceptors (Lipinski definition) is 7. The Labute approximate surface area is 200 Å². The lowest BCUT2D eigenvalue weighted by Gasteiger charge is -2.30. The second-order valence-electron chi connectivity index (χ2n) is 8.31. The largest absolute Gasteiger partial charge is 0.379 e. The SMILES string of the molecule is CCN(CC)C[C@H](C)CNC(=O)CN1C(=O)CSc2ccc(S(=O)(=O)N3CCOCC3)cc21. The molecule has 1 fully saturated rings. The number of morpholine rings is 1. The van der Waals surface area contributed by atoms with Crippen molar-refractivity contribution in [2.24, 2.45) is 5.92 Å². The highest BCUT2D eigenvalue weighted by molar-refractivity contribution is 8.00. The Kier molecular flexibility index (Phi) is 9.17. The van der Waals surface area contributed by atoms with Crippen LogP contribution in [0.5, 0.6) is 0 Å². The third-order valence-electron chi connectivity index (χ3n) is 5.89. The number of anilines is 1. The second-order valence-corrected chi connectivity index (χ2v) is 11.3. The quantitative estimate of drug-likeness (QED) is 0.518. The average Bonchev–Trinajstić information content (AvgIpc) is 2.83. The Morgan fingerprint density at radius 1 is 1.24 bits per heavy atom. The van der Waals surface area contributed by atoms with Gasteiger partial charge in [-0.3, -0.25) is 9.59 Å². The van der Waals surface area contributed by atoms with Crippen molar-refractivity contribution in [1.29, 1.82) is 0 Å². The second kappa shape index (κ2) is 11.7. The number of rotatable bonds is 10. The fourth-order valence-electron chi connectivity index (χ4n) is 3.93. The Morgan fingerprint density at radius 2 is 1.94 bits per heavy atom. The number of carbonyl (C=O) groups excluding carboxylic acids is 2. The lowest BCUT2D eigenvalue weighted by atomic mass is 10.1. The number of nitrogens with zero attached hydrogens (tertiary/aromatic N) is 3. The van der Waals surface area contributed by atoms with Gasteiger partial charge in [0.2, 0.25) is 21.8 Å². The number of ether oxygens (including phenoxy) is 1. The summed E-state index contributed by atoms with van der Waals surface area (Å²) >= 11 is 1.36. The zero-order chi connectivity index (χ0) is 24.0. The molecule has 2 amide bonds. The fourth-order valence-corrected chi connectivity index (χ4v) is 6.27. The number of carbonyl (C=O) groups is 2. The molecule has 2 aliphatic rings. The first-order chi connectivity index (χ1) is 15.8. The third kappa shape index (κ3) is 6.48. The molecule has 0 aliphatic carbocycles. The Hall–Kier alpha value is -1.66. The van der Waals surface area contributed by atoms with Gasteiger partial charge in [0.15, 0.2) is 0 Å². The molecule has 0 spiro atoms. The molecule has 11 heteroatoms. The van der Waals surface area contributed by atoms with E-state index in [0.29, 0.717) is 38.5 Å². The van der Waals surface area contributed by atoms with Gasteiger partial charge in [-0.15, -0.1) is 11.8 Å². The molecule has 1 saturated heterocycles. The molecule has 0 saturated carbocycles. The Balaban J connectivity index is 1.71. The first-order valence-corrected chi connectivity index (χ1v) is 13.8. The number of fused-ring (bicyclic) bond motifs is 1. The predicted molar refractivity (Wildman–Crippen MR) is 129 cm³/mol. The van der Waals surface area contributed by atoms with Crippen LogP contribution in [-0.4, -0.2) is 94.2 Å². The molecule has 1 atom stereocenters. The monoisotopic (exact) mass is 498 g/mol. The van der Waals surface area contributed by atoms with E-state index in [2.05, 4.69) is 31.0 Å². The van der Waals surface area contributed by atoms with Crippen molar-refractivity contribution in [2.45, 2.75) is 30.6 Å². The molecule has 1 N–H and O–H groups in total. The summed E-state index contributed by atoms with van der Waals surface area (Å²) in [6.07, 6.45) is 0. The number of thioether (sulfide) groups is 1. The predicted octanol–water partition coefficient (Wildman–Crippen LogP) is 1.24. The molecule has 184 valence electrons. The van der Waals surface area contributed by atoms with Gasteiger partial charge in [0.1, 0.15) is 6.54 Å². The van der Waals surface area contributed by atoms with E-state index in [1.807, 2.05) is 0 Å². The van der Waals surface area contributed by atoms with Crippen LogP contribution in [0, 0.1) is 5.92 Å². The van der Waals surface area contributed by atoms with Gasteiger partial charge >= 0.3 is 0 Å². The molecule has 0 aromatic heterocycles. The smallest absolute Gasteiger partial charge is 0.243 e. The standard InChI is InChI=1S/C22H34N4O5S2/c1-4-24(5-2)14-17(3)13-23-21(27)15-26-19-12-18(6-7-20(19)32-16-22(26)28)33(29,30)25-8-10-31-11-9-25/h6-7,12,17H,4-5,8-11,13-16H2,1-3H3,(H,23,27)/t17-/m1/s1. The minimum absolute atomic E-state index is 0.122. The van der Waals surface area contributed by atoms with E-state index >= 15 is 0 Å². The molecular formula is C22H34N4O5S2. The number of nitrogens with one attached hydrogen (secondary N) is 1. The number of amides is 2. The van der Waals surface area contributed by atoms with E-state index in [-0.39, 0.29) is 34.9 Å². The van der Waals surface area contributed by atoms with Crippen LogP contribution in [0.3, 0.4) is 0 Å². The van der Waals surface area contributed by atoms with Crippen molar-refractivity contribution in [3.05, 3.63) is 18.2 Å². The van der Waals surface area contributed by atoms with Gasteiger partial charge < -0.3 is 19.9 Å². The molecule has 0 radical (unpaired) electrons. The van der Waals surface area contributed by atoms with Crippen LogP contribution in [0.4, 0.5) is 5.69 Å². The summed E-state index contributed by atoms with van der Waals surface area (Å²) in [6, 6.07) is 4.80. The van der Waals surface area contributed by atoms with Crippen LogP contribution in [-0.2, 0) is 24.3 Å². The van der Waals surface area contributed by atoms with Crippen LogP contribution in [0.15, 0.2) is 28.0 Å². The first-order valence-electron chi connectivity index (χ1n) is 11.4. The van der Waals surface area contributed by atoms with Gasteiger partial charge in [-0.05, 0) is 37.2 Å². The van der Waals surface area contributed by atoms with Gasteiger partial charge in [-0.1, -0.05) is 20.8 Å². The lowest BCUT2D eigenvalue weighted by Crippen LogP contribution is -2.45. The zero-order valence-electron chi connectivity index (χ0n) is 19.6. The summed E-state index contributed by atoms with van der Waals surface area (Å²) in [4.78, 5) is 29.9. The highest BCUT2D eigenvalue weighted by Gasteiger charge is 2.31. The van der Waals surface area contributed by atoms with Crippen LogP contribution in [0.1, 0.15) is 20.8 Å². The van der Waals surface area contributed by atoms with Crippen LogP contribution >= 0.6 is 11.8 Å². The molecule has 2 heterocycles. The van der Waals surface area contributed by atoms with E-state index in [1.165, 1.54) is 27.0 Å². The molecule has 33 heavy (non-hydrogen) atoms. The van der Waals surface area contributed by atoms with Gasteiger partial charge in [0, 0.05) is 31.1 Å².